The number of rotatable bonds is 6. The Morgan fingerprint density at radius 2 is 2.04 bits per heavy atom. The summed E-state index contributed by atoms with van der Waals surface area (Å²) in [6, 6.07) is 3.99. The molecule has 1 aliphatic carbocycles. The van der Waals surface area contributed by atoms with Gasteiger partial charge in [-0.15, -0.1) is 0 Å². The van der Waals surface area contributed by atoms with Crippen molar-refractivity contribution in [3.05, 3.63) is 58.6 Å². The first-order chi connectivity index (χ1) is 12.6. The minimum Gasteiger partial charge on any atom is -0.354 e. The van der Waals surface area contributed by atoms with E-state index >= 15 is 0 Å². The number of halogens is 2. The van der Waals surface area contributed by atoms with Crippen LogP contribution in [0.1, 0.15) is 42.5 Å². The van der Waals surface area contributed by atoms with Gasteiger partial charge >= 0.3 is 0 Å². The molecule has 0 aliphatic heterocycles. The molecule has 136 valence electrons. The average molecular weight is 375 g/mol. The molecule has 0 atom stereocenters. The zero-order valence-corrected chi connectivity index (χ0v) is 15.0. The molecule has 1 aromatic heterocycles. The lowest BCUT2D eigenvalue weighted by atomic mass is 9.97. The minimum atomic E-state index is -0.535. The van der Waals surface area contributed by atoms with Gasteiger partial charge in [-0.2, -0.15) is 0 Å². The highest BCUT2D eigenvalue weighted by atomic mass is 35.5. The van der Waals surface area contributed by atoms with Crippen LogP contribution >= 0.6 is 11.6 Å². The molecule has 3 rings (SSSR count). The molecule has 0 fully saturated rings. The van der Waals surface area contributed by atoms with E-state index in [4.69, 9.17) is 11.6 Å². The molecule has 7 heteroatoms. The highest BCUT2D eigenvalue weighted by Crippen LogP contribution is 2.21. The van der Waals surface area contributed by atoms with E-state index in [2.05, 4.69) is 26.7 Å². The number of hydrogen-bond donors (Lipinski definition) is 2. The molecule has 0 bridgehead atoms. The maximum absolute atomic E-state index is 13.1. The Hall–Kier alpha value is -2.47. The number of anilines is 2. The van der Waals surface area contributed by atoms with Crippen LogP contribution in [0, 0.1) is 5.82 Å². The van der Waals surface area contributed by atoms with Crippen LogP contribution < -0.4 is 10.6 Å². The highest BCUT2D eigenvalue weighted by molar-refractivity contribution is 6.31. The Kier molecular flexibility index (Phi) is 6.17. The van der Waals surface area contributed by atoms with Crippen molar-refractivity contribution in [3.63, 3.8) is 0 Å². The summed E-state index contributed by atoms with van der Waals surface area (Å²) in [5.74, 6) is -0.429. The summed E-state index contributed by atoms with van der Waals surface area (Å²) in [6.45, 7) is 0.769. The van der Waals surface area contributed by atoms with Gasteiger partial charge in [0.1, 0.15) is 5.82 Å². The first-order valence-electron chi connectivity index (χ1n) is 8.62. The lowest BCUT2D eigenvalue weighted by molar-refractivity contribution is 0.102. The molecular weight excluding hydrogens is 355 g/mol. The third kappa shape index (κ3) is 5.02. The molecule has 1 aromatic carbocycles. The number of carbonyl (C=O) groups excluding carboxylic acids is 1. The van der Waals surface area contributed by atoms with Gasteiger partial charge in [-0.3, -0.25) is 4.79 Å². The summed E-state index contributed by atoms with van der Waals surface area (Å²) < 4.78 is 13.1. The average Bonchev–Trinajstić information content (AvgIpc) is 2.66. The number of allylic oxidation sites excluding steroid dienone is 1. The van der Waals surface area contributed by atoms with Crippen molar-refractivity contribution in [2.75, 3.05) is 17.2 Å². The van der Waals surface area contributed by atoms with E-state index < -0.39 is 5.82 Å². The highest BCUT2D eigenvalue weighted by Gasteiger charge is 2.09. The number of aromatic nitrogens is 2. The van der Waals surface area contributed by atoms with Crippen LogP contribution in [0.2, 0.25) is 5.02 Å². The fraction of sp³-hybridized carbons (Fsp3) is 0.316. The second kappa shape index (κ2) is 8.76. The van der Waals surface area contributed by atoms with Crippen LogP contribution in [0.4, 0.5) is 16.0 Å². The second-order valence-corrected chi connectivity index (χ2v) is 6.57. The summed E-state index contributed by atoms with van der Waals surface area (Å²) in [5, 5.41) is 5.75. The smallest absolute Gasteiger partial charge is 0.258 e. The van der Waals surface area contributed by atoms with Crippen LogP contribution in [0.3, 0.4) is 0 Å². The fourth-order valence-electron chi connectivity index (χ4n) is 2.78. The van der Waals surface area contributed by atoms with Crippen molar-refractivity contribution in [3.8, 4) is 0 Å². The summed E-state index contributed by atoms with van der Waals surface area (Å²) in [4.78, 5) is 20.5. The van der Waals surface area contributed by atoms with Crippen LogP contribution in [-0.2, 0) is 0 Å². The largest absolute Gasteiger partial charge is 0.354 e. The first kappa shape index (κ1) is 18.3. The Bertz CT molecular complexity index is 808. The summed E-state index contributed by atoms with van der Waals surface area (Å²) >= 11 is 5.71. The predicted octanol–water partition coefficient (Wildman–Crippen LogP) is 4.82. The first-order valence-corrected chi connectivity index (χ1v) is 9.00. The predicted molar refractivity (Wildman–Crippen MR) is 101 cm³/mol. The zero-order chi connectivity index (χ0) is 18.4. The molecule has 0 saturated heterocycles. The normalized spacial score (nSPS) is 13.8. The summed E-state index contributed by atoms with van der Waals surface area (Å²) in [6.07, 6.45) is 11.1. The van der Waals surface area contributed by atoms with Gasteiger partial charge in [0, 0.05) is 24.6 Å². The van der Waals surface area contributed by atoms with E-state index in [0.29, 0.717) is 17.2 Å². The van der Waals surface area contributed by atoms with Gasteiger partial charge in [0.05, 0.1) is 10.6 Å². The Balaban J connectivity index is 1.52. The van der Waals surface area contributed by atoms with Crippen molar-refractivity contribution in [2.24, 2.45) is 0 Å². The number of nitrogens with one attached hydrogen (secondary N) is 2. The van der Waals surface area contributed by atoms with Crippen molar-refractivity contribution in [2.45, 2.75) is 32.1 Å². The van der Waals surface area contributed by atoms with E-state index in [1.807, 2.05) is 0 Å². The molecule has 26 heavy (non-hydrogen) atoms. The molecule has 0 radical (unpaired) electrons. The van der Waals surface area contributed by atoms with Crippen molar-refractivity contribution < 1.29 is 9.18 Å². The molecule has 5 nitrogen and oxygen atoms in total. The van der Waals surface area contributed by atoms with Crippen LogP contribution in [-0.4, -0.2) is 22.4 Å². The lowest BCUT2D eigenvalue weighted by Crippen LogP contribution is -2.14. The Labute approximate surface area is 156 Å². The quantitative estimate of drug-likeness (QED) is 0.711. The lowest BCUT2D eigenvalue weighted by Gasteiger charge is -2.12. The number of nitrogens with zero attached hydrogens (tertiary/aromatic N) is 2. The summed E-state index contributed by atoms with van der Waals surface area (Å²) in [5.41, 5.74) is 2.20. The number of amides is 1. The van der Waals surface area contributed by atoms with Gasteiger partial charge in [-0.1, -0.05) is 23.3 Å². The second-order valence-electron chi connectivity index (χ2n) is 6.16. The summed E-state index contributed by atoms with van der Waals surface area (Å²) in [7, 11) is 0. The minimum absolute atomic E-state index is 0.0494. The van der Waals surface area contributed by atoms with Gasteiger partial charge in [-0.25, -0.2) is 14.4 Å². The molecule has 2 N–H and O–H groups in total. The monoisotopic (exact) mass is 374 g/mol. The number of benzene rings is 1. The SMILES string of the molecule is O=C(Nc1ccc(F)c(Cl)c1)c1cnc(NCCC2=CCCCC2)nc1. The van der Waals surface area contributed by atoms with Gasteiger partial charge in [0.2, 0.25) is 5.95 Å². The van der Waals surface area contributed by atoms with Crippen LogP contribution in [0.5, 0.6) is 0 Å². The molecular formula is C19H20ClFN4O. The van der Waals surface area contributed by atoms with Crippen molar-refractivity contribution in [1.82, 2.24) is 9.97 Å². The Morgan fingerprint density at radius 1 is 1.23 bits per heavy atom. The van der Waals surface area contributed by atoms with Gasteiger partial charge in [-0.05, 0) is 50.3 Å². The molecule has 0 spiro atoms. The van der Waals surface area contributed by atoms with E-state index in [9.17, 15) is 9.18 Å². The van der Waals surface area contributed by atoms with E-state index in [-0.39, 0.29) is 10.9 Å². The number of hydrogen-bond acceptors (Lipinski definition) is 4. The third-order valence-electron chi connectivity index (χ3n) is 4.21. The van der Waals surface area contributed by atoms with Gasteiger partial charge in [0.25, 0.3) is 5.91 Å². The number of carbonyl (C=O) groups is 1. The van der Waals surface area contributed by atoms with Gasteiger partial charge in [0.15, 0.2) is 0 Å². The molecule has 1 amide bonds. The van der Waals surface area contributed by atoms with E-state index in [1.165, 1.54) is 61.8 Å². The van der Waals surface area contributed by atoms with E-state index in [1.54, 1.807) is 0 Å². The topological polar surface area (TPSA) is 66.9 Å². The maximum atomic E-state index is 13.1. The molecule has 0 unspecified atom stereocenters. The molecule has 0 saturated carbocycles. The van der Waals surface area contributed by atoms with Crippen molar-refractivity contribution >= 4 is 29.1 Å². The molecule has 1 heterocycles. The molecule has 1 aliphatic rings. The zero-order valence-electron chi connectivity index (χ0n) is 14.3. The third-order valence-corrected chi connectivity index (χ3v) is 4.50. The van der Waals surface area contributed by atoms with Crippen LogP contribution in [0.15, 0.2) is 42.2 Å². The molecule has 2 aromatic rings. The maximum Gasteiger partial charge on any atom is 0.258 e. The van der Waals surface area contributed by atoms with Gasteiger partial charge < -0.3 is 10.6 Å². The Morgan fingerprint density at radius 3 is 2.73 bits per heavy atom. The standard InChI is InChI=1S/C19H20ClFN4O/c20-16-10-15(6-7-17(16)21)25-18(26)14-11-23-19(24-12-14)22-9-8-13-4-2-1-3-5-13/h4,6-7,10-12H,1-3,5,8-9H2,(H,25,26)(H,22,23,24). The van der Waals surface area contributed by atoms with E-state index in [0.717, 1.165) is 13.0 Å². The van der Waals surface area contributed by atoms with Crippen molar-refractivity contribution in [1.29, 1.82) is 0 Å². The fourth-order valence-corrected chi connectivity index (χ4v) is 2.96. The van der Waals surface area contributed by atoms with Crippen LogP contribution in [0.25, 0.3) is 0 Å².